The average molecular weight is 127 g/mol. The molecule has 1 heterocycles. The van der Waals surface area contributed by atoms with Crippen molar-refractivity contribution in [2.75, 3.05) is 0 Å². The molecule has 42 valence electrons. The van der Waals surface area contributed by atoms with Gasteiger partial charge in [-0.05, 0) is 12.1 Å². The van der Waals surface area contributed by atoms with E-state index in [0.717, 1.165) is 0 Å². The van der Waals surface area contributed by atoms with E-state index in [2.05, 4.69) is 4.98 Å². The van der Waals surface area contributed by atoms with Gasteiger partial charge in [-0.3, -0.25) is 4.98 Å². The van der Waals surface area contributed by atoms with E-state index < -0.39 is 0 Å². The van der Waals surface area contributed by atoms with Gasteiger partial charge in [0.15, 0.2) is 0 Å². The maximum absolute atomic E-state index is 3.78. The first-order valence-electron chi connectivity index (χ1n) is 1.85. The molecule has 0 fully saturated rings. The molecule has 0 aliphatic carbocycles. The maximum Gasteiger partial charge on any atom is 0.0379 e. The zero-order chi connectivity index (χ0) is 4.24. The lowest BCUT2D eigenvalue weighted by Crippen LogP contribution is -1.58. The molecule has 0 aliphatic heterocycles. The monoisotopic (exact) mass is 127 g/mol. The van der Waals surface area contributed by atoms with Gasteiger partial charge in [0.2, 0.25) is 0 Å². The molecule has 3 heteroatoms. The van der Waals surface area contributed by atoms with Gasteiger partial charge in [0.05, 0.1) is 0 Å². The summed E-state index contributed by atoms with van der Waals surface area (Å²) in [4.78, 5) is 3.78. The van der Waals surface area contributed by atoms with Gasteiger partial charge >= 0.3 is 0 Å². The minimum absolute atomic E-state index is 0. The fraction of sp³-hybridized carbons (Fsp3) is 0. The van der Waals surface area contributed by atoms with Crippen molar-refractivity contribution in [2.24, 2.45) is 0 Å². The molecular weight excluding hydrogens is 120 g/mol. The van der Waals surface area contributed by atoms with Crippen LogP contribution in [0.4, 0.5) is 0 Å². The van der Waals surface area contributed by atoms with Gasteiger partial charge in [-0.1, -0.05) is 6.07 Å². The van der Waals surface area contributed by atoms with Gasteiger partial charge in [0.1, 0.15) is 0 Å². The Morgan fingerprint density at radius 1 is 0.875 bits per heavy atom. The quantitative estimate of drug-likeness (QED) is 0.471. The number of rotatable bonds is 0. The molecule has 0 bridgehead atoms. The van der Waals surface area contributed by atoms with E-state index in [1.165, 1.54) is 0 Å². The van der Waals surface area contributed by atoms with Gasteiger partial charge in [0, 0.05) is 20.8 Å². The topological polar surface area (TPSA) is 12.9 Å². The fourth-order valence-corrected chi connectivity index (χ4v) is 0.313. The summed E-state index contributed by atoms with van der Waals surface area (Å²) in [6.07, 6.45) is 3.50. The smallest absolute Gasteiger partial charge is 0.0379 e. The molecule has 0 saturated heterocycles. The molecule has 1 aromatic rings. The number of pyridine rings is 1. The van der Waals surface area contributed by atoms with E-state index in [9.17, 15) is 0 Å². The van der Waals surface area contributed by atoms with Crippen LogP contribution in [0.5, 0.6) is 0 Å². The van der Waals surface area contributed by atoms with Gasteiger partial charge in [0.25, 0.3) is 0 Å². The van der Waals surface area contributed by atoms with Crippen molar-refractivity contribution in [3.05, 3.63) is 30.6 Å². The highest BCUT2D eigenvalue weighted by Gasteiger charge is 1.58. The van der Waals surface area contributed by atoms with Crippen LogP contribution in [-0.4, -0.2) is 13.4 Å². The molecule has 8 heavy (non-hydrogen) atoms. The molecule has 0 spiro atoms. The Morgan fingerprint density at radius 2 is 1.38 bits per heavy atom. The van der Waals surface area contributed by atoms with Crippen LogP contribution in [0.1, 0.15) is 0 Å². The van der Waals surface area contributed by atoms with Crippen LogP contribution in [0.3, 0.4) is 0 Å². The van der Waals surface area contributed by atoms with Gasteiger partial charge < -0.3 is 0 Å². The molecule has 0 saturated carbocycles. The second-order valence-electron chi connectivity index (χ2n) is 1.02. The zero-order valence-electron chi connectivity index (χ0n) is 4.45. The summed E-state index contributed by atoms with van der Waals surface area (Å²) in [5.41, 5.74) is 0. The summed E-state index contributed by atoms with van der Waals surface area (Å²) >= 11 is 0. The molecule has 0 unspecified atom stereocenters. The van der Waals surface area contributed by atoms with Crippen LogP contribution in [0.2, 0.25) is 0 Å². The van der Waals surface area contributed by atoms with Gasteiger partial charge in [-0.2, -0.15) is 0 Å². The van der Waals surface area contributed by atoms with E-state index in [-0.39, 0.29) is 20.8 Å². The summed E-state index contributed by atoms with van der Waals surface area (Å²) < 4.78 is 0. The average Bonchev–Trinajstić information content (AvgIpc) is 1.72. The normalized spacial score (nSPS) is 6.00. The van der Waals surface area contributed by atoms with E-state index in [1.54, 1.807) is 12.4 Å². The van der Waals surface area contributed by atoms with Crippen LogP contribution in [0, 0.1) is 0 Å². The summed E-state index contributed by atoms with van der Waals surface area (Å²) in [5, 5.41) is 0. The number of halogens is 1. The molecular formula is C5H7BClN. The van der Waals surface area contributed by atoms with Crippen molar-refractivity contribution in [2.45, 2.75) is 0 Å². The number of aromatic nitrogens is 1. The summed E-state index contributed by atoms with van der Waals surface area (Å²) in [6.45, 7) is 0. The van der Waals surface area contributed by atoms with Crippen LogP contribution in [0.25, 0.3) is 0 Å². The van der Waals surface area contributed by atoms with Crippen LogP contribution in [0.15, 0.2) is 30.6 Å². The minimum Gasteiger partial charge on any atom is -0.265 e. The van der Waals surface area contributed by atoms with Crippen molar-refractivity contribution in [1.82, 2.24) is 4.98 Å². The van der Waals surface area contributed by atoms with Gasteiger partial charge in [-0.15, -0.1) is 12.4 Å². The maximum atomic E-state index is 3.78. The third-order valence-corrected chi connectivity index (χ3v) is 0.566. The minimum atomic E-state index is 0. The fourth-order valence-electron chi connectivity index (χ4n) is 0.313. The van der Waals surface area contributed by atoms with E-state index in [4.69, 9.17) is 0 Å². The zero-order valence-corrected chi connectivity index (χ0v) is 5.27. The molecule has 0 aromatic carbocycles. The predicted octanol–water partition coefficient (Wildman–Crippen LogP) is 0.855. The summed E-state index contributed by atoms with van der Waals surface area (Å²) in [6, 6.07) is 5.72. The SMILES string of the molecule is Cl.[BH].c1ccncc1. The van der Waals surface area contributed by atoms with Crippen molar-refractivity contribution in [3.63, 3.8) is 0 Å². The second-order valence-corrected chi connectivity index (χ2v) is 1.02. The molecule has 1 nitrogen and oxygen atoms in total. The summed E-state index contributed by atoms with van der Waals surface area (Å²) in [7, 11) is 0. The Morgan fingerprint density at radius 3 is 1.50 bits per heavy atom. The lowest BCUT2D eigenvalue weighted by molar-refractivity contribution is 1.33. The molecule has 0 N–H and O–H groups in total. The second kappa shape index (κ2) is 6.50. The van der Waals surface area contributed by atoms with Crippen molar-refractivity contribution < 1.29 is 0 Å². The van der Waals surface area contributed by atoms with E-state index in [1.807, 2.05) is 18.2 Å². The number of hydrogen-bond acceptors (Lipinski definition) is 1. The van der Waals surface area contributed by atoms with Crippen LogP contribution >= 0.6 is 12.4 Å². The standard InChI is InChI=1S/C5H5N.BH.ClH/c1-2-4-6-5-3-1;;/h1-5H;2*1H. The first-order valence-corrected chi connectivity index (χ1v) is 1.85. The van der Waals surface area contributed by atoms with Crippen LogP contribution < -0.4 is 0 Å². The van der Waals surface area contributed by atoms with Gasteiger partial charge in [-0.25, -0.2) is 0 Å². The van der Waals surface area contributed by atoms with E-state index >= 15 is 0 Å². The Hall–Kier alpha value is -0.495. The molecule has 1 aromatic heterocycles. The summed E-state index contributed by atoms with van der Waals surface area (Å²) in [5.74, 6) is 0. The first kappa shape index (κ1) is 10.5. The Labute approximate surface area is 57.1 Å². The van der Waals surface area contributed by atoms with Crippen molar-refractivity contribution >= 4 is 20.8 Å². The highest BCUT2D eigenvalue weighted by atomic mass is 35.5. The van der Waals surface area contributed by atoms with Crippen molar-refractivity contribution in [1.29, 1.82) is 0 Å². The molecule has 0 atom stereocenters. The first-order chi connectivity index (χ1) is 3.00. The lowest BCUT2D eigenvalue weighted by atomic mass is 10.5. The highest BCUT2D eigenvalue weighted by molar-refractivity contribution is 5.85. The molecule has 0 aliphatic rings. The Balaban J connectivity index is 0. The molecule has 1 rings (SSSR count). The number of nitrogens with zero attached hydrogens (tertiary/aromatic N) is 1. The Bertz CT molecular complexity index is 84.4. The molecule has 2 radical (unpaired) electrons. The number of hydrogen-bond donors (Lipinski definition) is 0. The highest BCUT2D eigenvalue weighted by Crippen LogP contribution is 1.73. The predicted molar refractivity (Wildman–Crippen MR) is 38.6 cm³/mol. The molecule has 0 amide bonds. The largest absolute Gasteiger partial charge is 0.265 e. The third-order valence-electron chi connectivity index (χ3n) is 0.566. The van der Waals surface area contributed by atoms with E-state index in [0.29, 0.717) is 0 Å². The van der Waals surface area contributed by atoms with Crippen molar-refractivity contribution in [3.8, 4) is 0 Å². The lowest BCUT2D eigenvalue weighted by Gasteiger charge is -1.70. The third kappa shape index (κ3) is 3.69. The Kier molecular flexibility index (Phi) is 8.52. The van der Waals surface area contributed by atoms with Crippen LogP contribution in [-0.2, 0) is 0 Å².